The lowest BCUT2D eigenvalue weighted by atomic mass is 10.0. The van der Waals surface area contributed by atoms with Crippen molar-refractivity contribution in [2.24, 2.45) is 5.92 Å². The maximum atomic E-state index is 13.0. The van der Waals surface area contributed by atoms with Gasteiger partial charge in [-0.25, -0.2) is 8.78 Å². The number of hydrogen-bond donors (Lipinski definition) is 0. The van der Waals surface area contributed by atoms with E-state index < -0.39 is 5.92 Å². The van der Waals surface area contributed by atoms with Gasteiger partial charge in [0, 0.05) is 12.8 Å². The zero-order valence-corrected chi connectivity index (χ0v) is 8.37. The number of unbranched alkanes of at least 4 members (excludes halogenated alkanes) is 2. The second kappa shape index (κ2) is 5.50. The van der Waals surface area contributed by atoms with E-state index in [1.807, 2.05) is 20.8 Å². The number of rotatable bonds is 6. The lowest BCUT2D eigenvalue weighted by Gasteiger charge is -2.17. The first kappa shape index (κ1) is 11.9. The molecule has 0 bridgehead atoms. The fourth-order valence-electron chi connectivity index (χ4n) is 1.33. The highest BCUT2D eigenvalue weighted by Gasteiger charge is 2.28. The van der Waals surface area contributed by atoms with Crippen molar-refractivity contribution in [1.29, 1.82) is 0 Å². The summed E-state index contributed by atoms with van der Waals surface area (Å²) in [5.74, 6) is -2.33. The summed E-state index contributed by atoms with van der Waals surface area (Å²) in [4.78, 5) is 0. The van der Waals surface area contributed by atoms with Crippen molar-refractivity contribution in [2.75, 3.05) is 0 Å². The Morgan fingerprint density at radius 1 is 1.17 bits per heavy atom. The van der Waals surface area contributed by atoms with E-state index in [0.717, 1.165) is 12.8 Å². The molecule has 0 aromatic rings. The van der Waals surface area contributed by atoms with Gasteiger partial charge >= 0.3 is 0 Å². The smallest absolute Gasteiger partial charge is 0.207 e. The highest BCUT2D eigenvalue weighted by Crippen LogP contribution is 2.28. The third kappa shape index (κ3) is 6.56. The minimum atomic E-state index is -2.43. The van der Waals surface area contributed by atoms with E-state index in [1.165, 1.54) is 0 Å². The van der Waals surface area contributed by atoms with Crippen LogP contribution in [0.3, 0.4) is 0 Å². The van der Waals surface area contributed by atoms with Gasteiger partial charge in [-0.2, -0.15) is 0 Å². The van der Waals surface area contributed by atoms with Crippen LogP contribution in [0.4, 0.5) is 8.78 Å². The van der Waals surface area contributed by atoms with Crippen molar-refractivity contribution < 1.29 is 8.78 Å². The fourth-order valence-corrected chi connectivity index (χ4v) is 1.33. The van der Waals surface area contributed by atoms with Gasteiger partial charge in [0.25, 0.3) is 0 Å². The van der Waals surface area contributed by atoms with Gasteiger partial charge in [-0.05, 0) is 12.3 Å². The summed E-state index contributed by atoms with van der Waals surface area (Å²) in [6.45, 7) is 5.71. The van der Waals surface area contributed by atoms with Crippen LogP contribution in [-0.2, 0) is 0 Å². The first-order chi connectivity index (χ1) is 5.48. The van der Waals surface area contributed by atoms with Gasteiger partial charge in [0.15, 0.2) is 0 Å². The third-order valence-electron chi connectivity index (χ3n) is 1.85. The number of hydrogen-bond acceptors (Lipinski definition) is 0. The maximum absolute atomic E-state index is 13.0. The molecular formula is C10H20F2. The predicted octanol–water partition coefficient (Wildman–Crippen LogP) is 4.25. The molecule has 12 heavy (non-hydrogen) atoms. The van der Waals surface area contributed by atoms with Gasteiger partial charge < -0.3 is 0 Å². The van der Waals surface area contributed by atoms with Gasteiger partial charge in [0.05, 0.1) is 0 Å². The van der Waals surface area contributed by atoms with Crippen LogP contribution in [0.2, 0.25) is 0 Å². The zero-order chi connectivity index (χ0) is 9.61. The molecule has 0 saturated carbocycles. The Kier molecular flexibility index (Phi) is 5.43. The molecule has 0 aromatic heterocycles. The summed E-state index contributed by atoms with van der Waals surface area (Å²) in [5.41, 5.74) is 0. The normalized spacial score (nSPS) is 12.5. The molecule has 0 aromatic carbocycles. The van der Waals surface area contributed by atoms with Gasteiger partial charge in [0.2, 0.25) is 5.92 Å². The number of halogens is 2. The first-order valence-corrected chi connectivity index (χ1v) is 4.86. The molecule has 2 heteroatoms. The summed E-state index contributed by atoms with van der Waals surface area (Å²) in [5, 5.41) is 0. The lowest BCUT2D eigenvalue weighted by Crippen LogP contribution is -2.18. The highest BCUT2D eigenvalue weighted by molar-refractivity contribution is 4.67. The molecule has 0 N–H and O–H groups in total. The minimum Gasteiger partial charge on any atom is -0.207 e. The van der Waals surface area contributed by atoms with Crippen LogP contribution < -0.4 is 0 Å². The summed E-state index contributed by atoms with van der Waals surface area (Å²) in [7, 11) is 0. The average molecular weight is 178 g/mol. The van der Waals surface area contributed by atoms with E-state index in [-0.39, 0.29) is 18.8 Å². The molecule has 0 aliphatic rings. The van der Waals surface area contributed by atoms with E-state index in [9.17, 15) is 8.78 Å². The topological polar surface area (TPSA) is 0 Å². The first-order valence-electron chi connectivity index (χ1n) is 4.86. The molecule has 0 fully saturated rings. The molecule has 0 spiro atoms. The SMILES string of the molecule is CCCCCC(F)(F)CC(C)C. The van der Waals surface area contributed by atoms with Crippen LogP contribution in [0.1, 0.15) is 52.9 Å². The van der Waals surface area contributed by atoms with E-state index >= 15 is 0 Å². The molecule has 0 amide bonds. The lowest BCUT2D eigenvalue weighted by molar-refractivity contribution is -0.0290. The van der Waals surface area contributed by atoms with E-state index in [1.54, 1.807) is 0 Å². The van der Waals surface area contributed by atoms with Gasteiger partial charge in [-0.1, -0.05) is 33.6 Å². The molecule has 0 aliphatic carbocycles. The van der Waals surface area contributed by atoms with E-state index in [2.05, 4.69) is 0 Å². The van der Waals surface area contributed by atoms with Crippen LogP contribution in [0, 0.1) is 5.92 Å². The third-order valence-corrected chi connectivity index (χ3v) is 1.85. The highest BCUT2D eigenvalue weighted by atomic mass is 19.3. The summed E-state index contributed by atoms with van der Waals surface area (Å²) in [6, 6.07) is 0. The van der Waals surface area contributed by atoms with Gasteiger partial charge in [-0.3, -0.25) is 0 Å². The molecule has 0 nitrogen and oxygen atoms in total. The Bertz CT molecular complexity index is 108. The molecule has 0 saturated heterocycles. The summed E-state index contributed by atoms with van der Waals surface area (Å²) in [6.07, 6.45) is 2.71. The molecule has 0 radical (unpaired) electrons. The van der Waals surface area contributed by atoms with E-state index in [4.69, 9.17) is 0 Å². The molecule has 0 rings (SSSR count). The summed E-state index contributed by atoms with van der Waals surface area (Å²) < 4.78 is 26.0. The monoisotopic (exact) mass is 178 g/mol. The van der Waals surface area contributed by atoms with Crippen molar-refractivity contribution >= 4 is 0 Å². The molecular weight excluding hydrogens is 158 g/mol. The fraction of sp³-hybridized carbons (Fsp3) is 1.00. The largest absolute Gasteiger partial charge is 0.248 e. The molecule has 0 atom stereocenters. The number of alkyl halides is 2. The van der Waals surface area contributed by atoms with Crippen LogP contribution >= 0.6 is 0 Å². The average Bonchev–Trinajstić information content (AvgIpc) is 1.84. The summed E-state index contributed by atoms with van der Waals surface area (Å²) >= 11 is 0. The van der Waals surface area contributed by atoms with Crippen molar-refractivity contribution in [3.8, 4) is 0 Å². The van der Waals surface area contributed by atoms with E-state index in [0.29, 0.717) is 6.42 Å². The van der Waals surface area contributed by atoms with Gasteiger partial charge in [0.1, 0.15) is 0 Å². The Hall–Kier alpha value is -0.140. The Labute approximate surface area is 74.4 Å². The van der Waals surface area contributed by atoms with Crippen molar-refractivity contribution in [2.45, 2.75) is 58.8 Å². The minimum absolute atomic E-state index is 0.0384. The second-order valence-electron chi connectivity index (χ2n) is 3.91. The Morgan fingerprint density at radius 2 is 1.75 bits per heavy atom. The quantitative estimate of drug-likeness (QED) is 0.533. The van der Waals surface area contributed by atoms with Gasteiger partial charge in [-0.15, -0.1) is 0 Å². The molecule has 74 valence electrons. The van der Waals surface area contributed by atoms with Crippen LogP contribution in [0.15, 0.2) is 0 Å². The maximum Gasteiger partial charge on any atom is 0.248 e. The Morgan fingerprint density at radius 3 is 2.17 bits per heavy atom. The van der Waals surface area contributed by atoms with Crippen molar-refractivity contribution in [3.63, 3.8) is 0 Å². The molecule has 0 heterocycles. The second-order valence-corrected chi connectivity index (χ2v) is 3.91. The molecule has 0 unspecified atom stereocenters. The van der Waals surface area contributed by atoms with Crippen LogP contribution in [0.25, 0.3) is 0 Å². The standard InChI is InChI=1S/C10H20F2/c1-4-5-6-7-10(11,12)8-9(2)3/h9H,4-8H2,1-3H3. The zero-order valence-electron chi connectivity index (χ0n) is 8.37. The van der Waals surface area contributed by atoms with Crippen LogP contribution in [0.5, 0.6) is 0 Å². The molecule has 0 aliphatic heterocycles. The van der Waals surface area contributed by atoms with Crippen LogP contribution in [-0.4, -0.2) is 5.92 Å². The Balaban J connectivity index is 3.56. The van der Waals surface area contributed by atoms with Crippen molar-refractivity contribution in [1.82, 2.24) is 0 Å². The van der Waals surface area contributed by atoms with Crippen molar-refractivity contribution in [3.05, 3.63) is 0 Å². The predicted molar refractivity (Wildman–Crippen MR) is 48.5 cm³/mol.